The SMILES string of the molecule is CCCCCN1C(=O)C(=O)/C(=C(/O)c2cc(Cl)cc(Cl)c2OC)C1c1ccccn1. The third-order valence-corrected chi connectivity index (χ3v) is 5.48. The molecule has 1 aliphatic rings. The second-order valence-corrected chi connectivity index (χ2v) is 7.77. The minimum absolute atomic E-state index is 0.0631. The number of carbonyl (C=O) groups is 2. The van der Waals surface area contributed by atoms with Gasteiger partial charge in [-0.15, -0.1) is 0 Å². The highest BCUT2D eigenvalue weighted by molar-refractivity contribution is 6.46. The molecule has 0 bridgehead atoms. The monoisotopic (exact) mass is 448 g/mol. The zero-order valence-corrected chi connectivity index (χ0v) is 18.2. The summed E-state index contributed by atoms with van der Waals surface area (Å²) < 4.78 is 5.31. The molecule has 0 spiro atoms. The molecule has 2 heterocycles. The van der Waals surface area contributed by atoms with Crippen molar-refractivity contribution in [2.24, 2.45) is 0 Å². The van der Waals surface area contributed by atoms with Crippen LogP contribution in [0.3, 0.4) is 0 Å². The predicted molar refractivity (Wildman–Crippen MR) is 116 cm³/mol. The number of carbonyl (C=O) groups excluding carboxylic acids is 2. The first kappa shape index (κ1) is 22.1. The first-order chi connectivity index (χ1) is 14.4. The van der Waals surface area contributed by atoms with E-state index in [1.54, 1.807) is 24.4 Å². The van der Waals surface area contributed by atoms with Gasteiger partial charge in [0.05, 0.1) is 29.0 Å². The number of Topliss-reactive ketones (excluding diaryl/α,β-unsaturated/α-hetero) is 1. The summed E-state index contributed by atoms with van der Waals surface area (Å²) in [6.07, 6.45) is 4.20. The molecule has 1 saturated heterocycles. The number of aliphatic hydroxyl groups excluding tert-OH is 1. The van der Waals surface area contributed by atoms with Gasteiger partial charge in [0.2, 0.25) is 0 Å². The molecule has 1 unspecified atom stereocenters. The Bertz CT molecular complexity index is 992. The van der Waals surface area contributed by atoms with E-state index in [4.69, 9.17) is 27.9 Å². The normalized spacial score (nSPS) is 18.1. The molecule has 30 heavy (non-hydrogen) atoms. The number of benzene rings is 1. The van der Waals surface area contributed by atoms with Gasteiger partial charge in [-0.3, -0.25) is 14.6 Å². The quantitative estimate of drug-likeness (QED) is 0.278. The smallest absolute Gasteiger partial charge is 0.295 e. The highest BCUT2D eigenvalue weighted by Crippen LogP contribution is 2.42. The molecule has 1 atom stereocenters. The molecule has 0 radical (unpaired) electrons. The Morgan fingerprint density at radius 1 is 1.23 bits per heavy atom. The molecule has 2 aromatic rings. The number of ketones is 1. The Labute approximate surface area is 185 Å². The topological polar surface area (TPSA) is 79.7 Å². The number of pyridine rings is 1. The number of rotatable bonds is 7. The zero-order chi connectivity index (χ0) is 21.8. The molecule has 1 aliphatic heterocycles. The molecule has 1 aromatic carbocycles. The van der Waals surface area contributed by atoms with Crippen molar-refractivity contribution in [2.75, 3.05) is 13.7 Å². The van der Waals surface area contributed by atoms with Crippen LogP contribution in [0.2, 0.25) is 10.0 Å². The summed E-state index contributed by atoms with van der Waals surface area (Å²) in [6, 6.07) is 7.34. The van der Waals surface area contributed by atoms with Crippen LogP contribution in [0.5, 0.6) is 5.75 Å². The van der Waals surface area contributed by atoms with E-state index in [1.165, 1.54) is 24.1 Å². The number of aliphatic hydroxyl groups is 1. The number of amides is 1. The van der Waals surface area contributed by atoms with Crippen molar-refractivity contribution in [3.63, 3.8) is 0 Å². The Balaban J connectivity index is 2.20. The van der Waals surface area contributed by atoms with Gasteiger partial charge in [-0.05, 0) is 30.7 Å². The van der Waals surface area contributed by atoms with E-state index < -0.39 is 23.5 Å². The number of unbranched alkanes of at least 4 members (excludes halogenated alkanes) is 2. The molecular formula is C22H22Cl2N2O4. The molecule has 6 nitrogen and oxygen atoms in total. The van der Waals surface area contributed by atoms with Crippen molar-refractivity contribution < 1.29 is 19.4 Å². The first-order valence-electron chi connectivity index (χ1n) is 9.63. The Hall–Kier alpha value is -2.57. The standard InChI is InChI=1S/C22H22Cl2N2O4/c1-3-4-7-10-26-18(16-8-5-6-9-25-16)17(20(28)22(26)29)19(27)14-11-13(23)12-15(24)21(14)30-2/h5-6,8-9,11-12,18,27H,3-4,7,10H2,1-2H3/b19-17+. The lowest BCUT2D eigenvalue weighted by atomic mass is 9.97. The van der Waals surface area contributed by atoms with Gasteiger partial charge in [0.15, 0.2) is 0 Å². The highest BCUT2D eigenvalue weighted by Gasteiger charge is 2.46. The Morgan fingerprint density at radius 3 is 2.63 bits per heavy atom. The lowest BCUT2D eigenvalue weighted by Crippen LogP contribution is -2.31. The van der Waals surface area contributed by atoms with Crippen LogP contribution >= 0.6 is 23.2 Å². The van der Waals surface area contributed by atoms with E-state index in [0.717, 1.165) is 19.3 Å². The summed E-state index contributed by atoms with van der Waals surface area (Å²) in [6.45, 7) is 2.43. The zero-order valence-electron chi connectivity index (χ0n) is 16.7. The van der Waals surface area contributed by atoms with Crippen LogP contribution in [-0.4, -0.2) is 40.3 Å². The molecule has 0 aliphatic carbocycles. The molecule has 8 heteroatoms. The fourth-order valence-electron chi connectivity index (χ4n) is 3.58. The van der Waals surface area contributed by atoms with Crippen molar-refractivity contribution in [2.45, 2.75) is 32.2 Å². The summed E-state index contributed by atoms with van der Waals surface area (Å²) >= 11 is 12.3. The number of hydrogen-bond acceptors (Lipinski definition) is 5. The molecule has 3 rings (SSSR count). The lowest BCUT2D eigenvalue weighted by molar-refractivity contribution is -0.140. The van der Waals surface area contributed by atoms with Crippen LogP contribution in [-0.2, 0) is 9.59 Å². The summed E-state index contributed by atoms with van der Waals surface area (Å²) in [5, 5.41) is 11.6. The lowest BCUT2D eigenvalue weighted by Gasteiger charge is -2.24. The van der Waals surface area contributed by atoms with Gasteiger partial charge in [-0.25, -0.2) is 0 Å². The molecule has 158 valence electrons. The van der Waals surface area contributed by atoms with Crippen molar-refractivity contribution in [1.82, 2.24) is 9.88 Å². The maximum Gasteiger partial charge on any atom is 0.295 e. The summed E-state index contributed by atoms with van der Waals surface area (Å²) in [4.78, 5) is 31.6. The molecular weight excluding hydrogens is 427 g/mol. The van der Waals surface area contributed by atoms with Gasteiger partial charge in [-0.1, -0.05) is 49.0 Å². The van der Waals surface area contributed by atoms with E-state index in [9.17, 15) is 14.7 Å². The van der Waals surface area contributed by atoms with Gasteiger partial charge in [0.25, 0.3) is 11.7 Å². The van der Waals surface area contributed by atoms with E-state index in [1.807, 2.05) is 0 Å². The Morgan fingerprint density at radius 2 is 2.00 bits per heavy atom. The van der Waals surface area contributed by atoms with Gasteiger partial charge in [0, 0.05) is 17.8 Å². The van der Waals surface area contributed by atoms with Crippen molar-refractivity contribution in [1.29, 1.82) is 0 Å². The molecule has 1 amide bonds. The van der Waals surface area contributed by atoms with Crippen molar-refractivity contribution in [3.05, 3.63) is 63.4 Å². The van der Waals surface area contributed by atoms with E-state index in [0.29, 0.717) is 12.2 Å². The summed E-state index contributed by atoms with van der Waals surface area (Å²) in [5.41, 5.74) is 0.566. The van der Waals surface area contributed by atoms with Gasteiger partial charge in [0.1, 0.15) is 17.6 Å². The van der Waals surface area contributed by atoms with Gasteiger partial charge < -0.3 is 14.7 Å². The largest absolute Gasteiger partial charge is 0.507 e. The third kappa shape index (κ3) is 4.16. The van der Waals surface area contributed by atoms with Gasteiger partial charge in [-0.2, -0.15) is 0 Å². The Kier molecular flexibility index (Phi) is 7.00. The summed E-state index contributed by atoms with van der Waals surface area (Å²) in [7, 11) is 1.39. The van der Waals surface area contributed by atoms with Crippen LogP contribution in [0, 0.1) is 0 Å². The van der Waals surface area contributed by atoms with E-state index in [-0.39, 0.29) is 26.9 Å². The predicted octanol–water partition coefficient (Wildman–Crippen LogP) is 5.01. The first-order valence-corrected chi connectivity index (χ1v) is 10.4. The van der Waals surface area contributed by atoms with Crippen LogP contribution in [0.4, 0.5) is 0 Å². The van der Waals surface area contributed by atoms with Crippen molar-refractivity contribution >= 4 is 40.7 Å². The second-order valence-electron chi connectivity index (χ2n) is 6.92. The van der Waals surface area contributed by atoms with Crippen molar-refractivity contribution in [3.8, 4) is 5.75 Å². The van der Waals surface area contributed by atoms with Gasteiger partial charge >= 0.3 is 0 Å². The van der Waals surface area contributed by atoms with Crippen LogP contribution in [0.15, 0.2) is 42.1 Å². The molecule has 1 fully saturated rings. The average Bonchev–Trinajstić information content (AvgIpc) is 2.98. The molecule has 1 aromatic heterocycles. The summed E-state index contributed by atoms with van der Waals surface area (Å²) in [5.74, 6) is -1.69. The number of likely N-dealkylation sites (tertiary alicyclic amines) is 1. The minimum Gasteiger partial charge on any atom is -0.507 e. The fraction of sp³-hybridized carbons (Fsp3) is 0.318. The van der Waals surface area contributed by atoms with Crippen LogP contribution in [0.25, 0.3) is 5.76 Å². The van der Waals surface area contributed by atoms with E-state index >= 15 is 0 Å². The van der Waals surface area contributed by atoms with Crippen LogP contribution < -0.4 is 4.74 Å². The molecule has 0 saturated carbocycles. The van der Waals surface area contributed by atoms with Crippen LogP contribution in [0.1, 0.15) is 43.5 Å². The number of methoxy groups -OCH3 is 1. The van der Waals surface area contributed by atoms with E-state index in [2.05, 4.69) is 11.9 Å². The highest BCUT2D eigenvalue weighted by atomic mass is 35.5. The second kappa shape index (κ2) is 9.49. The minimum atomic E-state index is -0.814. The number of nitrogens with zero attached hydrogens (tertiary/aromatic N) is 2. The maximum absolute atomic E-state index is 13.0. The number of hydrogen-bond donors (Lipinski definition) is 1. The fourth-order valence-corrected chi connectivity index (χ4v) is 4.15. The number of aromatic nitrogens is 1. The molecule has 1 N–H and O–H groups in total. The number of halogens is 2. The third-order valence-electron chi connectivity index (χ3n) is 4.98. The maximum atomic E-state index is 13.0. The average molecular weight is 449 g/mol. The number of ether oxygens (including phenoxy) is 1.